The van der Waals surface area contributed by atoms with Crippen molar-refractivity contribution in [2.24, 2.45) is 0 Å². The fourth-order valence-electron chi connectivity index (χ4n) is 3.37. The molecule has 0 saturated carbocycles. The number of rotatable bonds is 5. The predicted molar refractivity (Wildman–Crippen MR) is 115 cm³/mol. The van der Waals surface area contributed by atoms with Crippen LogP contribution in [0, 0.1) is 5.21 Å². The zero-order valence-corrected chi connectivity index (χ0v) is 16.7. The van der Waals surface area contributed by atoms with Crippen LogP contribution in [0.1, 0.15) is 22.1 Å². The van der Waals surface area contributed by atoms with E-state index in [2.05, 4.69) is 10.3 Å². The highest BCUT2D eigenvalue weighted by Crippen LogP contribution is 2.25. The quantitative estimate of drug-likeness (QED) is 0.308. The Bertz CT molecular complexity index is 1260. The number of carbonyl (C=O) groups excluding carboxylic acids is 2. The first-order chi connectivity index (χ1) is 15.1. The second-order valence-corrected chi connectivity index (χ2v) is 6.82. The maximum atomic E-state index is 13.3. The summed E-state index contributed by atoms with van der Waals surface area (Å²) in [7, 11) is 1.20. The lowest BCUT2D eigenvalue weighted by Gasteiger charge is -2.17. The number of para-hydroxylation sites is 1. The number of pyridine rings is 2. The van der Waals surface area contributed by atoms with Gasteiger partial charge < -0.3 is 15.3 Å². The third-order valence-corrected chi connectivity index (χ3v) is 4.89. The molecule has 0 fully saturated rings. The van der Waals surface area contributed by atoms with Crippen molar-refractivity contribution in [3.8, 4) is 11.3 Å². The van der Waals surface area contributed by atoms with Crippen LogP contribution in [-0.2, 0) is 9.53 Å². The van der Waals surface area contributed by atoms with Crippen LogP contribution in [0.2, 0.25) is 0 Å². The van der Waals surface area contributed by atoms with Crippen molar-refractivity contribution in [1.82, 2.24) is 10.3 Å². The minimum absolute atomic E-state index is 0.0596. The van der Waals surface area contributed by atoms with Crippen LogP contribution >= 0.6 is 0 Å². The molecule has 1 unspecified atom stereocenters. The van der Waals surface area contributed by atoms with Crippen LogP contribution in [0.3, 0.4) is 0 Å². The molecule has 0 spiro atoms. The molecule has 2 heterocycles. The van der Waals surface area contributed by atoms with Crippen molar-refractivity contribution in [3.05, 3.63) is 102 Å². The number of fused-ring (bicyclic) bond motifs is 1. The van der Waals surface area contributed by atoms with Gasteiger partial charge in [-0.3, -0.25) is 4.79 Å². The minimum Gasteiger partial charge on any atom is -0.618 e. The second-order valence-electron chi connectivity index (χ2n) is 6.82. The van der Waals surface area contributed by atoms with Crippen LogP contribution in [0.5, 0.6) is 0 Å². The largest absolute Gasteiger partial charge is 0.618 e. The number of esters is 1. The van der Waals surface area contributed by atoms with Crippen molar-refractivity contribution in [2.75, 3.05) is 7.11 Å². The van der Waals surface area contributed by atoms with E-state index in [-0.39, 0.29) is 5.69 Å². The number of aromatic nitrogens is 2. The standard InChI is InChI=1S/C24H19N3O4/c1-31-24(29)22(21-13-7-8-14-27(21)30)26-23(28)18-15-20(16-9-3-2-4-10-16)25-19-12-6-5-11-17(18)19/h2-15,22H,1H3,(H,26,28). The van der Waals surface area contributed by atoms with Gasteiger partial charge in [-0.2, -0.15) is 4.73 Å². The molecule has 0 aliphatic carbocycles. The van der Waals surface area contributed by atoms with E-state index in [0.717, 1.165) is 5.56 Å². The van der Waals surface area contributed by atoms with Crippen molar-refractivity contribution < 1.29 is 19.1 Å². The fourth-order valence-corrected chi connectivity index (χ4v) is 3.37. The summed E-state index contributed by atoms with van der Waals surface area (Å²) in [5.41, 5.74) is 2.52. The Morgan fingerprint density at radius 1 is 1.00 bits per heavy atom. The molecule has 0 aliphatic heterocycles. The van der Waals surface area contributed by atoms with Crippen molar-refractivity contribution in [1.29, 1.82) is 0 Å². The van der Waals surface area contributed by atoms with Gasteiger partial charge in [0.1, 0.15) is 0 Å². The smallest absolute Gasteiger partial charge is 0.339 e. The Balaban J connectivity index is 1.79. The maximum absolute atomic E-state index is 13.3. The maximum Gasteiger partial charge on any atom is 0.339 e. The lowest BCUT2D eigenvalue weighted by atomic mass is 10.0. The van der Waals surface area contributed by atoms with Gasteiger partial charge in [0, 0.05) is 23.1 Å². The van der Waals surface area contributed by atoms with Crippen LogP contribution in [0.15, 0.2) is 85.1 Å². The second kappa shape index (κ2) is 8.62. The summed E-state index contributed by atoms with van der Waals surface area (Å²) >= 11 is 0. The summed E-state index contributed by atoms with van der Waals surface area (Å²) in [6, 6.07) is 21.8. The zero-order chi connectivity index (χ0) is 21.8. The first kappa shape index (κ1) is 20.0. The Kier molecular flexibility index (Phi) is 5.57. The number of ether oxygens (including phenoxy) is 1. The molecule has 2 aromatic carbocycles. The average molecular weight is 413 g/mol. The normalized spacial score (nSPS) is 11.6. The lowest BCUT2D eigenvalue weighted by molar-refractivity contribution is -0.615. The number of nitrogens with zero attached hydrogens (tertiary/aromatic N) is 2. The van der Waals surface area contributed by atoms with Crippen LogP contribution < -0.4 is 10.0 Å². The molecule has 0 bridgehead atoms. The van der Waals surface area contributed by atoms with Crippen LogP contribution in [0.4, 0.5) is 0 Å². The number of methoxy groups -OCH3 is 1. The number of hydrogen-bond acceptors (Lipinski definition) is 5. The van der Waals surface area contributed by atoms with Gasteiger partial charge in [-0.15, -0.1) is 0 Å². The Labute approximate surface area is 178 Å². The molecule has 1 N–H and O–H groups in total. The third-order valence-electron chi connectivity index (χ3n) is 4.89. The van der Waals surface area contributed by atoms with Gasteiger partial charge in [0.2, 0.25) is 11.7 Å². The highest BCUT2D eigenvalue weighted by Gasteiger charge is 2.31. The number of carbonyl (C=O) groups is 2. The van der Waals surface area contributed by atoms with E-state index in [1.54, 1.807) is 18.2 Å². The van der Waals surface area contributed by atoms with E-state index in [0.29, 0.717) is 26.9 Å². The summed E-state index contributed by atoms with van der Waals surface area (Å²) in [6.07, 6.45) is 1.26. The van der Waals surface area contributed by atoms with Gasteiger partial charge in [0.25, 0.3) is 5.91 Å². The van der Waals surface area contributed by atoms with Gasteiger partial charge in [-0.25, -0.2) is 9.78 Å². The van der Waals surface area contributed by atoms with Crippen molar-refractivity contribution >= 4 is 22.8 Å². The average Bonchev–Trinajstić information content (AvgIpc) is 2.82. The number of hydrogen-bond donors (Lipinski definition) is 1. The van der Waals surface area contributed by atoms with E-state index in [1.165, 1.54) is 25.4 Å². The van der Waals surface area contributed by atoms with Crippen LogP contribution in [0.25, 0.3) is 22.2 Å². The molecule has 0 aliphatic rings. The SMILES string of the molecule is COC(=O)C(NC(=O)c1cc(-c2ccccc2)nc2ccccc12)c1cccc[n+]1[O-]. The third kappa shape index (κ3) is 4.06. The van der Waals surface area contributed by atoms with Gasteiger partial charge in [-0.05, 0) is 18.2 Å². The monoisotopic (exact) mass is 413 g/mol. The Morgan fingerprint density at radius 2 is 1.71 bits per heavy atom. The van der Waals surface area contributed by atoms with E-state index >= 15 is 0 Å². The van der Waals surface area contributed by atoms with Gasteiger partial charge >= 0.3 is 5.97 Å². The molecule has 0 radical (unpaired) electrons. The molecule has 0 saturated heterocycles. The van der Waals surface area contributed by atoms with Crippen molar-refractivity contribution in [3.63, 3.8) is 0 Å². The van der Waals surface area contributed by atoms with E-state index in [4.69, 9.17) is 4.74 Å². The molecule has 31 heavy (non-hydrogen) atoms. The minimum atomic E-state index is -1.26. The predicted octanol–water partition coefficient (Wildman–Crippen LogP) is 3.18. The van der Waals surface area contributed by atoms with Crippen molar-refractivity contribution in [2.45, 2.75) is 6.04 Å². The highest BCUT2D eigenvalue weighted by atomic mass is 16.5. The number of nitrogens with one attached hydrogen (secondary N) is 1. The van der Waals surface area contributed by atoms with Gasteiger partial charge in [0.05, 0.1) is 23.9 Å². The molecule has 1 amide bonds. The van der Waals surface area contributed by atoms with Gasteiger partial charge in [-0.1, -0.05) is 48.5 Å². The van der Waals surface area contributed by atoms with E-state index in [1.807, 2.05) is 48.5 Å². The summed E-state index contributed by atoms with van der Waals surface area (Å²) in [6.45, 7) is 0. The Hall–Kier alpha value is -4.26. The molecule has 4 aromatic rings. The number of benzene rings is 2. The lowest BCUT2D eigenvalue weighted by Crippen LogP contribution is -2.43. The first-order valence-corrected chi connectivity index (χ1v) is 9.60. The highest BCUT2D eigenvalue weighted by molar-refractivity contribution is 6.08. The fraction of sp³-hybridized carbons (Fsp3) is 0.0833. The van der Waals surface area contributed by atoms with Crippen LogP contribution in [-0.4, -0.2) is 24.0 Å². The van der Waals surface area contributed by atoms with Gasteiger partial charge in [0.15, 0.2) is 6.20 Å². The molecule has 7 heteroatoms. The topological polar surface area (TPSA) is 95.2 Å². The van der Waals surface area contributed by atoms with E-state index in [9.17, 15) is 14.8 Å². The molecule has 1 atom stereocenters. The summed E-state index contributed by atoms with van der Waals surface area (Å²) in [4.78, 5) is 30.3. The molecule has 2 aromatic heterocycles. The molecule has 7 nitrogen and oxygen atoms in total. The summed E-state index contributed by atoms with van der Waals surface area (Å²) in [5, 5.41) is 15.5. The summed E-state index contributed by atoms with van der Waals surface area (Å²) in [5.74, 6) is -1.26. The molecule has 154 valence electrons. The van der Waals surface area contributed by atoms with E-state index < -0.39 is 17.9 Å². The number of amides is 1. The molecular formula is C24H19N3O4. The Morgan fingerprint density at radius 3 is 2.45 bits per heavy atom. The summed E-state index contributed by atoms with van der Waals surface area (Å²) < 4.78 is 5.35. The molecular weight excluding hydrogens is 394 g/mol. The first-order valence-electron chi connectivity index (χ1n) is 9.60. The molecule has 4 rings (SSSR count). The zero-order valence-electron chi connectivity index (χ0n) is 16.7.